The van der Waals surface area contributed by atoms with Crippen LogP contribution < -0.4 is 0 Å². The molecule has 0 radical (unpaired) electrons. The van der Waals surface area contributed by atoms with Crippen molar-refractivity contribution in [3.8, 4) is 11.8 Å². The number of thioether (sulfide) groups is 1. The Morgan fingerprint density at radius 2 is 1.18 bits per heavy atom. The lowest BCUT2D eigenvalue weighted by Crippen LogP contribution is -1.90. The molecule has 3 rings (SSSR count). The lowest BCUT2D eigenvalue weighted by atomic mass is 10.1. The molecule has 0 nitrogen and oxygen atoms in total. The topological polar surface area (TPSA) is 0 Å². The summed E-state index contributed by atoms with van der Waals surface area (Å²) in [4.78, 5) is 1.23. The molecule has 0 fully saturated rings. The molecule has 106 valence electrons. The lowest BCUT2D eigenvalue weighted by Gasteiger charge is -2.10. The van der Waals surface area contributed by atoms with E-state index in [2.05, 4.69) is 60.4 Å². The molecule has 1 heteroatoms. The molecular weight excluding hydrogens is 284 g/mol. The largest absolute Gasteiger partial charge is 0.105 e. The molecule has 1 atom stereocenters. The number of rotatable bonds is 3. The molecule has 0 heterocycles. The third-order valence-electron chi connectivity index (χ3n) is 3.22. The summed E-state index contributed by atoms with van der Waals surface area (Å²) >= 11 is 1.79. The Balaban J connectivity index is 1.89. The predicted octanol–water partition coefficient (Wildman–Crippen LogP) is 5.57. The van der Waals surface area contributed by atoms with Crippen molar-refractivity contribution < 1.29 is 0 Å². The van der Waals surface area contributed by atoms with Crippen LogP contribution in [0.2, 0.25) is 0 Å². The summed E-state index contributed by atoms with van der Waals surface area (Å²) in [5.74, 6) is 6.71. The molecule has 22 heavy (non-hydrogen) atoms. The van der Waals surface area contributed by atoms with E-state index >= 15 is 0 Å². The van der Waals surface area contributed by atoms with Crippen molar-refractivity contribution in [3.05, 3.63) is 102 Å². The molecule has 0 aliphatic rings. The molecule has 3 aromatic rings. The third kappa shape index (κ3) is 4.04. The smallest absolute Gasteiger partial charge is 0.0956 e. The quantitative estimate of drug-likeness (QED) is 0.450. The Bertz CT molecular complexity index is 753. The fourth-order valence-electron chi connectivity index (χ4n) is 2.11. The van der Waals surface area contributed by atoms with Gasteiger partial charge in [-0.2, -0.15) is 0 Å². The van der Waals surface area contributed by atoms with Gasteiger partial charge in [-0.05, 0) is 29.8 Å². The summed E-state index contributed by atoms with van der Waals surface area (Å²) < 4.78 is 0. The Morgan fingerprint density at radius 1 is 0.636 bits per heavy atom. The van der Waals surface area contributed by atoms with Gasteiger partial charge in [0.2, 0.25) is 0 Å². The van der Waals surface area contributed by atoms with Crippen molar-refractivity contribution in [2.75, 3.05) is 0 Å². The maximum absolute atomic E-state index is 3.41. The summed E-state index contributed by atoms with van der Waals surface area (Å²) in [7, 11) is 0. The van der Waals surface area contributed by atoms with Crippen LogP contribution in [0.15, 0.2) is 95.9 Å². The third-order valence-corrected chi connectivity index (χ3v) is 4.39. The first-order valence-electron chi connectivity index (χ1n) is 7.25. The van der Waals surface area contributed by atoms with Gasteiger partial charge >= 0.3 is 0 Å². The van der Waals surface area contributed by atoms with Gasteiger partial charge in [0.25, 0.3) is 0 Å². The molecule has 0 aliphatic heterocycles. The van der Waals surface area contributed by atoms with E-state index in [0.29, 0.717) is 0 Å². The molecule has 0 saturated carbocycles. The highest BCUT2D eigenvalue weighted by Gasteiger charge is 2.09. The maximum atomic E-state index is 3.41. The molecule has 0 N–H and O–H groups in total. The first-order chi connectivity index (χ1) is 10.9. The fourth-order valence-corrected chi connectivity index (χ4v) is 3.11. The average molecular weight is 300 g/mol. The van der Waals surface area contributed by atoms with Crippen LogP contribution in [0, 0.1) is 11.8 Å². The van der Waals surface area contributed by atoms with E-state index in [4.69, 9.17) is 0 Å². The van der Waals surface area contributed by atoms with Crippen molar-refractivity contribution in [2.24, 2.45) is 0 Å². The van der Waals surface area contributed by atoms with E-state index in [1.807, 2.05) is 42.5 Å². The number of hydrogen-bond acceptors (Lipinski definition) is 1. The summed E-state index contributed by atoms with van der Waals surface area (Å²) in [5, 5.41) is 0.129. The van der Waals surface area contributed by atoms with E-state index in [-0.39, 0.29) is 5.25 Å². The maximum Gasteiger partial charge on any atom is 0.0956 e. The molecule has 0 aliphatic carbocycles. The highest BCUT2D eigenvalue weighted by Crippen LogP contribution is 2.34. The van der Waals surface area contributed by atoms with Crippen molar-refractivity contribution in [3.63, 3.8) is 0 Å². The molecular formula is C21H16S. The SMILES string of the molecule is C(#CC(Sc1ccccc1)c1ccccc1)c1ccccc1. The standard InChI is InChI=1S/C21H16S/c1-4-10-18(11-5-1)16-17-21(19-12-6-2-7-13-19)22-20-14-8-3-9-15-20/h1-15,21H. The molecule has 1 unspecified atom stereocenters. The van der Waals surface area contributed by atoms with E-state index in [0.717, 1.165) is 5.56 Å². The minimum atomic E-state index is 0.129. The number of benzene rings is 3. The van der Waals surface area contributed by atoms with E-state index in [1.165, 1.54) is 10.5 Å². The second-order valence-corrected chi connectivity index (χ2v) is 6.04. The normalized spacial score (nSPS) is 11.3. The number of hydrogen-bond donors (Lipinski definition) is 0. The first-order valence-corrected chi connectivity index (χ1v) is 8.13. The van der Waals surface area contributed by atoms with Crippen molar-refractivity contribution >= 4 is 11.8 Å². The summed E-state index contributed by atoms with van der Waals surface area (Å²) in [6, 6.07) is 31.0. The van der Waals surface area contributed by atoms with Crippen LogP contribution in [0.1, 0.15) is 16.4 Å². The fraction of sp³-hybridized carbons (Fsp3) is 0.0476. The van der Waals surface area contributed by atoms with Gasteiger partial charge in [-0.25, -0.2) is 0 Å². The predicted molar refractivity (Wildman–Crippen MR) is 94.8 cm³/mol. The van der Waals surface area contributed by atoms with Crippen LogP contribution in [-0.2, 0) is 0 Å². The monoisotopic (exact) mass is 300 g/mol. The Hall–Kier alpha value is -2.43. The highest BCUT2D eigenvalue weighted by molar-refractivity contribution is 7.99. The molecule has 0 amide bonds. The summed E-state index contributed by atoms with van der Waals surface area (Å²) in [6.45, 7) is 0. The Morgan fingerprint density at radius 3 is 1.82 bits per heavy atom. The van der Waals surface area contributed by atoms with Crippen LogP contribution >= 0.6 is 11.8 Å². The van der Waals surface area contributed by atoms with Gasteiger partial charge in [0, 0.05) is 10.5 Å². The molecule has 0 saturated heterocycles. The zero-order valence-electron chi connectivity index (χ0n) is 12.1. The van der Waals surface area contributed by atoms with Gasteiger partial charge in [0.1, 0.15) is 0 Å². The van der Waals surface area contributed by atoms with Gasteiger partial charge in [0.05, 0.1) is 5.25 Å². The second-order valence-electron chi connectivity index (χ2n) is 4.86. The summed E-state index contributed by atoms with van der Waals surface area (Å²) in [6.07, 6.45) is 0. The first kappa shape index (κ1) is 14.5. The van der Waals surface area contributed by atoms with E-state index in [9.17, 15) is 0 Å². The van der Waals surface area contributed by atoms with E-state index < -0.39 is 0 Å². The van der Waals surface area contributed by atoms with Crippen molar-refractivity contribution in [2.45, 2.75) is 10.1 Å². The van der Waals surface area contributed by atoms with Gasteiger partial charge in [-0.1, -0.05) is 78.6 Å². The van der Waals surface area contributed by atoms with Crippen molar-refractivity contribution in [1.82, 2.24) is 0 Å². The van der Waals surface area contributed by atoms with Crippen LogP contribution in [0.5, 0.6) is 0 Å². The van der Waals surface area contributed by atoms with Gasteiger partial charge in [0.15, 0.2) is 0 Å². The summed E-state index contributed by atoms with van der Waals surface area (Å²) in [5.41, 5.74) is 2.29. The minimum absolute atomic E-state index is 0.129. The van der Waals surface area contributed by atoms with Gasteiger partial charge in [-0.15, -0.1) is 11.8 Å². The van der Waals surface area contributed by atoms with Gasteiger partial charge in [-0.3, -0.25) is 0 Å². The lowest BCUT2D eigenvalue weighted by molar-refractivity contribution is 1.26. The molecule has 0 bridgehead atoms. The zero-order valence-corrected chi connectivity index (χ0v) is 13.0. The van der Waals surface area contributed by atoms with Crippen LogP contribution in [0.25, 0.3) is 0 Å². The highest BCUT2D eigenvalue weighted by atomic mass is 32.2. The van der Waals surface area contributed by atoms with Crippen LogP contribution in [0.4, 0.5) is 0 Å². The van der Waals surface area contributed by atoms with Gasteiger partial charge < -0.3 is 0 Å². The molecule has 0 aromatic heterocycles. The van der Waals surface area contributed by atoms with Crippen molar-refractivity contribution in [1.29, 1.82) is 0 Å². The molecule has 0 spiro atoms. The average Bonchev–Trinajstić information content (AvgIpc) is 2.61. The Labute approximate surface area is 136 Å². The zero-order chi connectivity index (χ0) is 15.0. The second kappa shape index (κ2) is 7.54. The Kier molecular flexibility index (Phi) is 4.97. The van der Waals surface area contributed by atoms with E-state index in [1.54, 1.807) is 11.8 Å². The minimum Gasteiger partial charge on any atom is -0.105 e. The van der Waals surface area contributed by atoms with Crippen LogP contribution in [-0.4, -0.2) is 0 Å². The molecule has 3 aromatic carbocycles. The van der Waals surface area contributed by atoms with Crippen LogP contribution in [0.3, 0.4) is 0 Å².